The summed E-state index contributed by atoms with van der Waals surface area (Å²) in [5, 5.41) is 17.7. The highest BCUT2D eigenvalue weighted by Gasteiger charge is 2.30. The molecule has 2 aromatic carbocycles. The first-order valence-electron chi connectivity index (χ1n) is 13.1. The van der Waals surface area contributed by atoms with Gasteiger partial charge in [-0.1, -0.05) is 74.5 Å². The van der Waals surface area contributed by atoms with Gasteiger partial charge in [-0.15, -0.1) is 0 Å². The fourth-order valence-electron chi connectivity index (χ4n) is 4.05. The van der Waals surface area contributed by atoms with Crippen molar-refractivity contribution in [2.75, 3.05) is 12.0 Å². The Balaban J connectivity index is 2.28. The number of amides is 3. The van der Waals surface area contributed by atoms with E-state index in [1.165, 1.54) is 11.8 Å². The van der Waals surface area contributed by atoms with Gasteiger partial charge in [0.1, 0.15) is 18.1 Å². The molecule has 0 heterocycles. The Bertz CT molecular complexity index is 1070. The summed E-state index contributed by atoms with van der Waals surface area (Å²) in [6.07, 6.45) is 2.89. The van der Waals surface area contributed by atoms with E-state index in [1.54, 1.807) is 0 Å². The number of carbonyl (C=O) groups is 4. The molecule has 0 aliphatic rings. The van der Waals surface area contributed by atoms with Crippen molar-refractivity contribution < 1.29 is 24.3 Å². The molecule has 0 saturated carbocycles. The van der Waals surface area contributed by atoms with Crippen LogP contribution in [0.2, 0.25) is 0 Å². The summed E-state index contributed by atoms with van der Waals surface area (Å²) in [4.78, 5) is 51.4. The SMILES string of the molecule is CSCCC(NC(=O)C(Cc1ccccc1)NC(=O)C(Cc1ccccc1)NC(=O)C(N)CC(C)C)C(=O)O. The van der Waals surface area contributed by atoms with Crippen molar-refractivity contribution in [3.8, 4) is 0 Å². The van der Waals surface area contributed by atoms with Crippen molar-refractivity contribution in [3.05, 3.63) is 71.8 Å². The highest BCUT2D eigenvalue weighted by Crippen LogP contribution is 2.10. The van der Waals surface area contributed by atoms with Crippen LogP contribution in [0.4, 0.5) is 0 Å². The van der Waals surface area contributed by atoms with Gasteiger partial charge in [0.05, 0.1) is 6.04 Å². The molecule has 212 valence electrons. The van der Waals surface area contributed by atoms with E-state index in [4.69, 9.17) is 5.73 Å². The van der Waals surface area contributed by atoms with Crippen molar-refractivity contribution >= 4 is 35.5 Å². The Labute approximate surface area is 234 Å². The van der Waals surface area contributed by atoms with Crippen molar-refractivity contribution in [1.82, 2.24) is 16.0 Å². The fraction of sp³-hybridized carbons (Fsp3) is 0.448. The molecule has 0 fully saturated rings. The minimum atomic E-state index is -1.14. The van der Waals surface area contributed by atoms with Crippen molar-refractivity contribution in [2.45, 2.75) is 63.7 Å². The smallest absolute Gasteiger partial charge is 0.326 e. The standard InChI is InChI=1S/C29H40N4O5S/c1-19(2)16-22(30)26(34)32-24(17-20-10-6-4-7-11-20)28(36)33-25(18-21-12-8-5-9-13-21)27(35)31-23(29(37)38)14-15-39-3/h4-13,19,22-25H,14-18,30H2,1-3H3,(H,31,35)(H,32,34)(H,33,36)(H,37,38). The van der Waals surface area contributed by atoms with E-state index in [9.17, 15) is 24.3 Å². The Kier molecular flexibility index (Phi) is 13.5. The summed E-state index contributed by atoms with van der Waals surface area (Å²) < 4.78 is 0. The number of carboxylic acid groups (broad SMARTS) is 1. The maximum atomic E-state index is 13.6. The van der Waals surface area contributed by atoms with Gasteiger partial charge in [0.2, 0.25) is 17.7 Å². The molecule has 0 spiro atoms. The highest BCUT2D eigenvalue weighted by molar-refractivity contribution is 7.98. The van der Waals surface area contributed by atoms with E-state index in [-0.39, 0.29) is 25.2 Å². The van der Waals surface area contributed by atoms with Gasteiger partial charge in [-0.3, -0.25) is 14.4 Å². The summed E-state index contributed by atoms with van der Waals surface area (Å²) in [5.74, 6) is -2.02. The lowest BCUT2D eigenvalue weighted by atomic mass is 10.0. The molecule has 9 nitrogen and oxygen atoms in total. The molecule has 10 heteroatoms. The van der Waals surface area contributed by atoms with Gasteiger partial charge in [-0.2, -0.15) is 11.8 Å². The summed E-state index contributed by atoms with van der Waals surface area (Å²) in [5.41, 5.74) is 7.68. The average molecular weight is 557 g/mol. The topological polar surface area (TPSA) is 151 Å². The molecule has 0 aromatic heterocycles. The van der Waals surface area contributed by atoms with Crippen LogP contribution in [-0.2, 0) is 32.0 Å². The third kappa shape index (κ3) is 11.5. The quantitative estimate of drug-likeness (QED) is 0.213. The first kappa shape index (κ1) is 31.8. The summed E-state index contributed by atoms with van der Waals surface area (Å²) in [6.45, 7) is 3.91. The molecule has 6 N–H and O–H groups in total. The minimum absolute atomic E-state index is 0.145. The van der Waals surface area contributed by atoms with Crippen LogP contribution in [0, 0.1) is 5.92 Å². The molecular formula is C29H40N4O5S. The zero-order valence-electron chi connectivity index (χ0n) is 22.8. The van der Waals surface area contributed by atoms with Crippen LogP contribution in [-0.4, -0.2) is 65.0 Å². The molecule has 2 rings (SSSR count). The summed E-state index contributed by atoms with van der Waals surface area (Å²) in [6, 6.07) is 14.4. The lowest BCUT2D eigenvalue weighted by Crippen LogP contribution is -2.58. The maximum absolute atomic E-state index is 13.6. The zero-order chi connectivity index (χ0) is 28.8. The Morgan fingerprint density at radius 3 is 1.62 bits per heavy atom. The molecule has 0 aliphatic carbocycles. The van der Waals surface area contributed by atoms with E-state index in [0.717, 1.165) is 11.1 Å². The second-order valence-corrected chi connectivity index (χ2v) is 10.9. The first-order valence-corrected chi connectivity index (χ1v) is 14.5. The van der Waals surface area contributed by atoms with Gasteiger partial charge >= 0.3 is 5.97 Å². The number of thioether (sulfide) groups is 1. The van der Waals surface area contributed by atoms with Crippen LogP contribution in [0.3, 0.4) is 0 Å². The monoisotopic (exact) mass is 556 g/mol. The van der Waals surface area contributed by atoms with E-state index >= 15 is 0 Å². The van der Waals surface area contributed by atoms with Crippen LogP contribution in [0.25, 0.3) is 0 Å². The van der Waals surface area contributed by atoms with Gasteiger partial charge in [0, 0.05) is 12.8 Å². The number of rotatable bonds is 16. The molecule has 0 saturated heterocycles. The average Bonchev–Trinajstić information content (AvgIpc) is 2.90. The van der Waals surface area contributed by atoms with Gasteiger partial charge < -0.3 is 26.8 Å². The number of aliphatic carboxylic acids is 1. The maximum Gasteiger partial charge on any atom is 0.326 e. The fourth-order valence-corrected chi connectivity index (χ4v) is 4.52. The number of carbonyl (C=O) groups excluding carboxylic acids is 3. The van der Waals surface area contributed by atoms with Crippen LogP contribution in [0.15, 0.2) is 60.7 Å². The number of hydrogen-bond acceptors (Lipinski definition) is 6. The minimum Gasteiger partial charge on any atom is -0.480 e. The number of carboxylic acids is 1. The molecule has 39 heavy (non-hydrogen) atoms. The Morgan fingerprint density at radius 1 is 0.769 bits per heavy atom. The molecule has 2 aromatic rings. The van der Waals surface area contributed by atoms with Crippen molar-refractivity contribution in [2.24, 2.45) is 11.7 Å². The van der Waals surface area contributed by atoms with Crippen LogP contribution >= 0.6 is 11.8 Å². The van der Waals surface area contributed by atoms with Crippen LogP contribution in [0.5, 0.6) is 0 Å². The van der Waals surface area contributed by atoms with Crippen LogP contribution in [0.1, 0.15) is 37.8 Å². The number of nitrogens with two attached hydrogens (primary N) is 1. The second-order valence-electron chi connectivity index (χ2n) is 9.92. The largest absolute Gasteiger partial charge is 0.480 e. The predicted molar refractivity (Wildman–Crippen MR) is 154 cm³/mol. The molecule has 0 bridgehead atoms. The molecule has 3 amide bonds. The lowest BCUT2D eigenvalue weighted by Gasteiger charge is -2.26. The second kappa shape index (κ2) is 16.6. The van der Waals surface area contributed by atoms with Gasteiger partial charge in [0.25, 0.3) is 0 Å². The Morgan fingerprint density at radius 2 is 1.21 bits per heavy atom. The third-order valence-corrected chi connectivity index (χ3v) is 6.76. The normalized spacial score (nSPS) is 14.1. The van der Waals surface area contributed by atoms with Crippen LogP contribution < -0.4 is 21.7 Å². The van der Waals surface area contributed by atoms with Gasteiger partial charge in [0.15, 0.2) is 0 Å². The summed E-state index contributed by atoms with van der Waals surface area (Å²) in [7, 11) is 0. The first-order chi connectivity index (χ1) is 18.6. The zero-order valence-corrected chi connectivity index (χ0v) is 23.6. The van der Waals surface area contributed by atoms with E-state index in [1.807, 2.05) is 80.8 Å². The number of benzene rings is 2. The predicted octanol–water partition coefficient (Wildman–Crippen LogP) is 2.14. The molecular weight excluding hydrogens is 516 g/mol. The van der Waals surface area contributed by atoms with Gasteiger partial charge in [-0.25, -0.2) is 4.79 Å². The van der Waals surface area contributed by atoms with Crippen molar-refractivity contribution in [3.63, 3.8) is 0 Å². The van der Waals surface area contributed by atoms with Crippen molar-refractivity contribution in [1.29, 1.82) is 0 Å². The highest BCUT2D eigenvalue weighted by atomic mass is 32.2. The Hall–Kier alpha value is -3.37. The summed E-state index contributed by atoms with van der Waals surface area (Å²) >= 11 is 1.48. The van der Waals surface area contributed by atoms with E-state index in [2.05, 4.69) is 16.0 Å². The molecule has 4 atom stereocenters. The third-order valence-electron chi connectivity index (χ3n) is 6.12. The molecule has 4 unspecified atom stereocenters. The molecule has 0 aliphatic heterocycles. The number of nitrogens with one attached hydrogen (secondary N) is 3. The van der Waals surface area contributed by atoms with Gasteiger partial charge in [-0.05, 0) is 41.9 Å². The number of hydrogen-bond donors (Lipinski definition) is 5. The molecule has 0 radical (unpaired) electrons. The lowest BCUT2D eigenvalue weighted by molar-refractivity contribution is -0.142. The van der Waals surface area contributed by atoms with E-state index < -0.39 is 47.9 Å². The van der Waals surface area contributed by atoms with E-state index in [0.29, 0.717) is 12.2 Å².